The second-order valence-electron chi connectivity index (χ2n) is 3.08. The molecule has 0 saturated carbocycles. The van der Waals surface area contributed by atoms with Crippen molar-refractivity contribution in [1.82, 2.24) is 20.3 Å². The molecular weight excluding hydrogens is 178 g/mol. The van der Waals surface area contributed by atoms with E-state index in [0.717, 1.165) is 29.7 Å². The fourth-order valence-electron chi connectivity index (χ4n) is 1.41. The number of H-pyrrole nitrogens is 1. The third kappa shape index (κ3) is 1.42. The highest BCUT2D eigenvalue weighted by atomic mass is 15.0. The quantitative estimate of drug-likeness (QED) is 0.665. The molecule has 14 heavy (non-hydrogen) atoms. The first-order valence-corrected chi connectivity index (χ1v) is 4.60. The van der Waals surface area contributed by atoms with Gasteiger partial charge in [-0.1, -0.05) is 6.92 Å². The van der Waals surface area contributed by atoms with E-state index in [2.05, 4.69) is 27.2 Å². The third-order valence-electron chi connectivity index (χ3n) is 2.14. The molecule has 0 aliphatic carbocycles. The van der Waals surface area contributed by atoms with Crippen LogP contribution in [0.15, 0.2) is 12.5 Å². The first-order chi connectivity index (χ1) is 6.83. The number of nitrogens with one attached hydrogen (secondary N) is 2. The van der Waals surface area contributed by atoms with Crippen LogP contribution < -0.4 is 11.1 Å². The van der Waals surface area contributed by atoms with Crippen LogP contribution in [0.1, 0.15) is 12.5 Å². The van der Waals surface area contributed by atoms with Gasteiger partial charge in [0.1, 0.15) is 11.8 Å². The normalized spacial score (nSPS) is 10.9. The van der Waals surface area contributed by atoms with Crippen molar-refractivity contribution in [3.8, 4) is 0 Å². The van der Waals surface area contributed by atoms with Crippen molar-refractivity contribution >= 4 is 16.9 Å². The lowest BCUT2D eigenvalue weighted by Gasteiger charge is -1.98. The van der Waals surface area contributed by atoms with Crippen LogP contribution in [0.3, 0.4) is 0 Å². The number of aromatic nitrogens is 3. The van der Waals surface area contributed by atoms with Gasteiger partial charge in [0, 0.05) is 18.3 Å². The van der Waals surface area contributed by atoms with Crippen molar-refractivity contribution in [3.05, 3.63) is 18.1 Å². The monoisotopic (exact) mass is 191 g/mol. The SMILES string of the molecule is CCNCc1c[nH]c2c(N)ncnc12. The van der Waals surface area contributed by atoms with Crippen molar-refractivity contribution in [2.75, 3.05) is 12.3 Å². The van der Waals surface area contributed by atoms with Crippen LogP contribution >= 0.6 is 0 Å². The van der Waals surface area contributed by atoms with E-state index in [1.807, 2.05) is 6.20 Å². The van der Waals surface area contributed by atoms with Crippen molar-refractivity contribution in [3.63, 3.8) is 0 Å². The van der Waals surface area contributed by atoms with Crippen LogP contribution in [0.2, 0.25) is 0 Å². The fourth-order valence-corrected chi connectivity index (χ4v) is 1.41. The molecule has 0 radical (unpaired) electrons. The summed E-state index contributed by atoms with van der Waals surface area (Å²) in [5.74, 6) is 0.498. The Morgan fingerprint density at radius 3 is 3.14 bits per heavy atom. The molecule has 4 N–H and O–H groups in total. The first kappa shape index (κ1) is 8.96. The smallest absolute Gasteiger partial charge is 0.151 e. The van der Waals surface area contributed by atoms with E-state index in [-0.39, 0.29) is 0 Å². The summed E-state index contributed by atoms with van der Waals surface area (Å²) in [5, 5.41) is 3.24. The average Bonchev–Trinajstić information content (AvgIpc) is 2.60. The third-order valence-corrected chi connectivity index (χ3v) is 2.14. The van der Waals surface area contributed by atoms with E-state index in [9.17, 15) is 0 Å². The minimum Gasteiger partial charge on any atom is -0.382 e. The molecule has 0 bridgehead atoms. The topological polar surface area (TPSA) is 79.6 Å². The summed E-state index contributed by atoms with van der Waals surface area (Å²) in [6.45, 7) is 3.80. The minimum absolute atomic E-state index is 0.498. The maximum absolute atomic E-state index is 5.70. The molecule has 0 aliphatic rings. The lowest BCUT2D eigenvalue weighted by molar-refractivity contribution is 0.729. The molecule has 2 rings (SSSR count). The number of rotatable bonds is 3. The standard InChI is InChI=1S/C9H13N5/c1-2-11-3-6-4-12-8-7(6)13-5-14-9(8)10/h4-5,11-12H,2-3H2,1H3,(H2,10,13,14). The number of nitrogens with zero attached hydrogens (tertiary/aromatic N) is 2. The van der Waals surface area contributed by atoms with E-state index in [4.69, 9.17) is 5.73 Å². The fraction of sp³-hybridized carbons (Fsp3) is 0.333. The maximum Gasteiger partial charge on any atom is 0.151 e. The molecule has 0 fully saturated rings. The van der Waals surface area contributed by atoms with E-state index < -0.39 is 0 Å². The van der Waals surface area contributed by atoms with Gasteiger partial charge in [-0.15, -0.1) is 0 Å². The zero-order valence-corrected chi connectivity index (χ0v) is 8.04. The predicted octanol–water partition coefficient (Wildman–Crippen LogP) is 0.650. The van der Waals surface area contributed by atoms with Crippen molar-refractivity contribution < 1.29 is 0 Å². The number of aromatic amines is 1. The number of nitrogen functional groups attached to an aromatic ring is 1. The minimum atomic E-state index is 0.498. The average molecular weight is 191 g/mol. The van der Waals surface area contributed by atoms with Crippen molar-refractivity contribution in [2.24, 2.45) is 0 Å². The highest BCUT2D eigenvalue weighted by molar-refractivity contribution is 5.86. The molecule has 0 aromatic carbocycles. The van der Waals surface area contributed by atoms with E-state index >= 15 is 0 Å². The predicted molar refractivity (Wildman–Crippen MR) is 55.7 cm³/mol. The Hall–Kier alpha value is -1.62. The number of anilines is 1. The van der Waals surface area contributed by atoms with Gasteiger partial charge in [-0.2, -0.15) is 0 Å². The number of fused-ring (bicyclic) bond motifs is 1. The van der Waals surface area contributed by atoms with Crippen molar-refractivity contribution in [2.45, 2.75) is 13.5 Å². The summed E-state index contributed by atoms with van der Waals surface area (Å²) in [5.41, 5.74) is 8.54. The molecule has 0 unspecified atom stereocenters. The largest absolute Gasteiger partial charge is 0.382 e. The molecular formula is C9H13N5. The van der Waals surface area contributed by atoms with Crippen LogP contribution in [0.5, 0.6) is 0 Å². The van der Waals surface area contributed by atoms with E-state index in [1.165, 1.54) is 6.33 Å². The van der Waals surface area contributed by atoms with Crippen LogP contribution in [-0.4, -0.2) is 21.5 Å². The van der Waals surface area contributed by atoms with Gasteiger partial charge in [-0.05, 0) is 6.54 Å². The maximum atomic E-state index is 5.70. The van der Waals surface area contributed by atoms with Gasteiger partial charge in [-0.25, -0.2) is 9.97 Å². The number of hydrogen-bond donors (Lipinski definition) is 3. The van der Waals surface area contributed by atoms with Gasteiger partial charge in [0.2, 0.25) is 0 Å². The Morgan fingerprint density at radius 1 is 1.50 bits per heavy atom. The Kier molecular flexibility index (Phi) is 2.32. The van der Waals surface area contributed by atoms with Gasteiger partial charge in [0.05, 0.1) is 5.52 Å². The van der Waals surface area contributed by atoms with Gasteiger partial charge >= 0.3 is 0 Å². The van der Waals surface area contributed by atoms with Gasteiger partial charge in [-0.3, -0.25) is 0 Å². The molecule has 2 heterocycles. The summed E-state index contributed by atoms with van der Waals surface area (Å²) in [7, 11) is 0. The Balaban J connectivity index is 2.42. The Labute approximate surface area is 81.7 Å². The lowest BCUT2D eigenvalue weighted by atomic mass is 10.3. The first-order valence-electron chi connectivity index (χ1n) is 4.60. The highest BCUT2D eigenvalue weighted by Crippen LogP contribution is 2.18. The second kappa shape index (κ2) is 3.63. The number of hydrogen-bond acceptors (Lipinski definition) is 4. The molecule has 5 heteroatoms. The molecule has 0 atom stereocenters. The Morgan fingerprint density at radius 2 is 2.36 bits per heavy atom. The van der Waals surface area contributed by atoms with E-state index in [0.29, 0.717) is 5.82 Å². The summed E-state index contributed by atoms with van der Waals surface area (Å²) in [4.78, 5) is 11.2. The van der Waals surface area contributed by atoms with Crippen LogP contribution in [0.4, 0.5) is 5.82 Å². The van der Waals surface area contributed by atoms with Crippen LogP contribution in [0, 0.1) is 0 Å². The molecule has 2 aromatic rings. The van der Waals surface area contributed by atoms with Gasteiger partial charge < -0.3 is 16.0 Å². The zero-order valence-electron chi connectivity index (χ0n) is 8.04. The summed E-state index contributed by atoms with van der Waals surface area (Å²) < 4.78 is 0. The molecule has 0 saturated heterocycles. The lowest BCUT2D eigenvalue weighted by Crippen LogP contribution is -2.11. The molecule has 0 spiro atoms. The van der Waals surface area contributed by atoms with Gasteiger partial charge in [0.25, 0.3) is 0 Å². The van der Waals surface area contributed by atoms with E-state index in [1.54, 1.807) is 0 Å². The van der Waals surface area contributed by atoms with Crippen LogP contribution in [-0.2, 0) is 6.54 Å². The van der Waals surface area contributed by atoms with Crippen molar-refractivity contribution in [1.29, 1.82) is 0 Å². The molecule has 5 nitrogen and oxygen atoms in total. The molecule has 74 valence electrons. The number of nitrogens with two attached hydrogens (primary N) is 1. The molecule has 0 aliphatic heterocycles. The summed E-state index contributed by atoms with van der Waals surface area (Å²) in [6, 6.07) is 0. The summed E-state index contributed by atoms with van der Waals surface area (Å²) >= 11 is 0. The summed E-state index contributed by atoms with van der Waals surface area (Å²) in [6.07, 6.45) is 3.40. The zero-order chi connectivity index (χ0) is 9.97. The van der Waals surface area contributed by atoms with Gasteiger partial charge in [0.15, 0.2) is 5.82 Å². The Bertz CT molecular complexity index is 434. The molecule has 0 amide bonds. The highest BCUT2D eigenvalue weighted by Gasteiger charge is 2.06. The van der Waals surface area contributed by atoms with Crippen LogP contribution in [0.25, 0.3) is 11.0 Å². The second-order valence-corrected chi connectivity index (χ2v) is 3.08. The molecule has 2 aromatic heterocycles.